The summed E-state index contributed by atoms with van der Waals surface area (Å²) in [5.74, 6) is 0.0505. The van der Waals surface area contributed by atoms with Gasteiger partial charge in [0.2, 0.25) is 5.91 Å². The molecule has 0 saturated heterocycles. The molecule has 0 aliphatic rings. The molecule has 0 bridgehead atoms. The third kappa shape index (κ3) is 4.85. The summed E-state index contributed by atoms with van der Waals surface area (Å²) in [6.45, 7) is 2.09. The van der Waals surface area contributed by atoms with Gasteiger partial charge in [-0.05, 0) is 30.7 Å². The van der Waals surface area contributed by atoms with Crippen LogP contribution in [0.5, 0.6) is 0 Å². The van der Waals surface area contributed by atoms with E-state index in [-0.39, 0.29) is 24.3 Å². The number of anilines is 1. The van der Waals surface area contributed by atoms with E-state index in [4.69, 9.17) is 34.8 Å². The molecule has 0 saturated carbocycles. The molecule has 1 atom stereocenters. The Labute approximate surface area is 143 Å². The summed E-state index contributed by atoms with van der Waals surface area (Å²) < 4.78 is 0. The smallest absolute Gasteiger partial charge is 0.239 e. The average Bonchev–Trinajstić information content (AvgIpc) is 2.48. The predicted octanol–water partition coefficient (Wildman–Crippen LogP) is 4.33. The Morgan fingerprint density at radius 3 is 2.50 bits per heavy atom. The number of carbonyl (C=O) groups excluding carboxylic acids is 1. The van der Waals surface area contributed by atoms with Crippen molar-refractivity contribution in [2.75, 3.05) is 11.9 Å². The summed E-state index contributed by atoms with van der Waals surface area (Å²) in [6, 6.07) is 8.98. The number of nitrogens with zero attached hydrogens (tertiary/aromatic N) is 1. The highest BCUT2D eigenvalue weighted by atomic mass is 35.5. The van der Waals surface area contributed by atoms with Crippen LogP contribution in [0.2, 0.25) is 15.1 Å². The van der Waals surface area contributed by atoms with Crippen molar-refractivity contribution >= 4 is 46.5 Å². The lowest BCUT2D eigenvalue weighted by atomic mass is 10.1. The van der Waals surface area contributed by atoms with Gasteiger partial charge >= 0.3 is 0 Å². The Morgan fingerprint density at radius 2 is 1.86 bits per heavy atom. The summed E-state index contributed by atoms with van der Waals surface area (Å²) in [5.41, 5.74) is 1.04. The van der Waals surface area contributed by atoms with Crippen LogP contribution in [0.3, 0.4) is 0 Å². The van der Waals surface area contributed by atoms with Crippen LogP contribution in [-0.2, 0) is 4.79 Å². The highest BCUT2D eigenvalue weighted by molar-refractivity contribution is 6.36. The molecule has 1 aromatic heterocycles. The Hall–Kier alpha value is -1.33. The van der Waals surface area contributed by atoms with Crippen LogP contribution in [-0.4, -0.2) is 17.4 Å². The van der Waals surface area contributed by atoms with E-state index < -0.39 is 0 Å². The molecule has 0 aliphatic carbocycles. The second kappa shape index (κ2) is 7.79. The van der Waals surface area contributed by atoms with Gasteiger partial charge in [-0.3, -0.25) is 4.79 Å². The summed E-state index contributed by atoms with van der Waals surface area (Å²) in [6.07, 6.45) is 1.42. The Balaban J connectivity index is 1.88. The van der Waals surface area contributed by atoms with Crippen molar-refractivity contribution in [3.63, 3.8) is 0 Å². The van der Waals surface area contributed by atoms with E-state index >= 15 is 0 Å². The fraction of sp³-hybridized carbons (Fsp3) is 0.200. The van der Waals surface area contributed by atoms with E-state index in [9.17, 15) is 4.79 Å². The van der Waals surface area contributed by atoms with E-state index in [1.165, 1.54) is 12.3 Å². The number of nitrogens with one attached hydrogen (secondary N) is 2. The van der Waals surface area contributed by atoms with Crippen LogP contribution >= 0.6 is 34.8 Å². The fourth-order valence-corrected chi connectivity index (χ4v) is 2.35. The molecule has 1 aromatic carbocycles. The Morgan fingerprint density at radius 1 is 1.18 bits per heavy atom. The maximum atomic E-state index is 11.9. The van der Waals surface area contributed by atoms with Gasteiger partial charge in [0.15, 0.2) is 5.82 Å². The largest absolute Gasteiger partial charge is 0.308 e. The zero-order valence-corrected chi connectivity index (χ0v) is 14.0. The number of hydrogen-bond acceptors (Lipinski definition) is 3. The van der Waals surface area contributed by atoms with E-state index in [0.29, 0.717) is 15.1 Å². The third-order valence-electron chi connectivity index (χ3n) is 3.00. The van der Waals surface area contributed by atoms with Gasteiger partial charge in [-0.2, -0.15) is 0 Å². The lowest BCUT2D eigenvalue weighted by molar-refractivity contribution is -0.115. The molecule has 0 spiro atoms. The summed E-state index contributed by atoms with van der Waals surface area (Å²) in [7, 11) is 0. The predicted molar refractivity (Wildman–Crippen MR) is 90.8 cm³/mol. The molecule has 2 rings (SSSR count). The van der Waals surface area contributed by atoms with Gasteiger partial charge in [-0.15, -0.1) is 0 Å². The quantitative estimate of drug-likeness (QED) is 0.836. The number of amides is 1. The molecule has 4 nitrogen and oxygen atoms in total. The molecule has 0 unspecified atom stereocenters. The number of aromatic nitrogens is 1. The number of rotatable bonds is 5. The minimum absolute atomic E-state index is 0.0108. The number of pyridine rings is 1. The standard InChI is InChI=1S/C15H14Cl3N3O/c1-9(10-2-4-11(16)5-3-10)19-8-14(22)21-15-13(18)6-12(17)7-20-15/h2-7,9,19H,8H2,1H3,(H,20,21,22)/t9-/m0/s1. The van der Waals surface area contributed by atoms with Crippen molar-refractivity contribution in [2.45, 2.75) is 13.0 Å². The van der Waals surface area contributed by atoms with Gasteiger partial charge < -0.3 is 10.6 Å². The van der Waals surface area contributed by atoms with Crippen LogP contribution in [0.4, 0.5) is 5.82 Å². The average molecular weight is 359 g/mol. The normalized spacial score (nSPS) is 12.0. The molecule has 0 aliphatic heterocycles. The first kappa shape index (κ1) is 17.0. The lowest BCUT2D eigenvalue weighted by Gasteiger charge is -2.14. The fourth-order valence-electron chi connectivity index (χ4n) is 1.80. The maximum absolute atomic E-state index is 11.9. The number of hydrogen-bond donors (Lipinski definition) is 2. The van der Waals surface area contributed by atoms with Gasteiger partial charge in [0, 0.05) is 17.3 Å². The van der Waals surface area contributed by atoms with Crippen molar-refractivity contribution < 1.29 is 4.79 Å². The molecule has 2 aromatic rings. The van der Waals surface area contributed by atoms with Gasteiger partial charge in [0.05, 0.1) is 16.6 Å². The van der Waals surface area contributed by atoms with E-state index in [1.807, 2.05) is 31.2 Å². The van der Waals surface area contributed by atoms with E-state index in [0.717, 1.165) is 5.56 Å². The first-order valence-electron chi connectivity index (χ1n) is 6.55. The SMILES string of the molecule is C[C@H](NCC(=O)Nc1ncc(Cl)cc1Cl)c1ccc(Cl)cc1. The number of halogens is 3. The van der Waals surface area contributed by atoms with E-state index in [1.54, 1.807) is 0 Å². The molecule has 1 amide bonds. The van der Waals surface area contributed by atoms with Crippen molar-refractivity contribution in [2.24, 2.45) is 0 Å². The summed E-state index contributed by atoms with van der Waals surface area (Å²) >= 11 is 17.6. The Kier molecular flexibility index (Phi) is 6.03. The van der Waals surface area contributed by atoms with Crippen LogP contribution in [0.1, 0.15) is 18.5 Å². The second-order valence-electron chi connectivity index (χ2n) is 4.69. The van der Waals surface area contributed by atoms with Crippen LogP contribution in [0.15, 0.2) is 36.5 Å². The molecular weight excluding hydrogens is 345 g/mol. The van der Waals surface area contributed by atoms with Crippen molar-refractivity contribution in [3.8, 4) is 0 Å². The summed E-state index contributed by atoms with van der Waals surface area (Å²) in [4.78, 5) is 15.9. The molecular formula is C15H14Cl3N3O. The minimum Gasteiger partial charge on any atom is -0.308 e. The van der Waals surface area contributed by atoms with Gasteiger partial charge in [-0.25, -0.2) is 4.98 Å². The minimum atomic E-state index is -0.238. The molecule has 1 heterocycles. The first-order chi connectivity index (χ1) is 10.5. The van der Waals surface area contributed by atoms with Crippen LogP contribution in [0.25, 0.3) is 0 Å². The first-order valence-corrected chi connectivity index (χ1v) is 7.69. The maximum Gasteiger partial charge on any atom is 0.239 e. The molecule has 22 heavy (non-hydrogen) atoms. The topological polar surface area (TPSA) is 54.0 Å². The Bertz CT molecular complexity index is 662. The lowest BCUT2D eigenvalue weighted by Crippen LogP contribution is -2.30. The van der Waals surface area contributed by atoms with Crippen LogP contribution in [0, 0.1) is 0 Å². The highest BCUT2D eigenvalue weighted by Gasteiger charge is 2.10. The van der Waals surface area contributed by atoms with E-state index in [2.05, 4.69) is 15.6 Å². The number of benzene rings is 1. The van der Waals surface area contributed by atoms with Gasteiger partial charge in [0.25, 0.3) is 0 Å². The molecule has 7 heteroatoms. The van der Waals surface area contributed by atoms with Crippen molar-refractivity contribution in [1.29, 1.82) is 0 Å². The zero-order valence-electron chi connectivity index (χ0n) is 11.7. The second-order valence-corrected chi connectivity index (χ2v) is 5.97. The molecule has 2 N–H and O–H groups in total. The highest BCUT2D eigenvalue weighted by Crippen LogP contribution is 2.22. The molecule has 0 fully saturated rings. The van der Waals surface area contributed by atoms with Crippen LogP contribution < -0.4 is 10.6 Å². The molecule has 116 valence electrons. The summed E-state index contributed by atoms with van der Waals surface area (Å²) in [5, 5.41) is 7.14. The van der Waals surface area contributed by atoms with Gasteiger partial charge in [-0.1, -0.05) is 46.9 Å². The van der Waals surface area contributed by atoms with Crippen molar-refractivity contribution in [1.82, 2.24) is 10.3 Å². The van der Waals surface area contributed by atoms with Gasteiger partial charge in [0.1, 0.15) is 0 Å². The third-order valence-corrected chi connectivity index (χ3v) is 3.75. The zero-order chi connectivity index (χ0) is 16.1. The molecule has 0 radical (unpaired) electrons. The van der Waals surface area contributed by atoms with Crippen molar-refractivity contribution in [3.05, 3.63) is 57.2 Å². The number of carbonyl (C=O) groups is 1. The monoisotopic (exact) mass is 357 g/mol.